The van der Waals surface area contributed by atoms with Crippen molar-refractivity contribution >= 4 is 17.5 Å². The number of benzene rings is 1. The number of nitrogens with one attached hydrogen (secondary N) is 3. The molecular formula is C17H27N3O2. The quantitative estimate of drug-likeness (QED) is 0.613. The Hall–Kier alpha value is -1.88. The summed E-state index contributed by atoms with van der Waals surface area (Å²) in [6, 6.07) is 7.57. The lowest BCUT2D eigenvalue weighted by molar-refractivity contribution is -0.121. The lowest BCUT2D eigenvalue weighted by atomic mass is 10.1. The molecule has 2 amide bonds. The topological polar surface area (TPSA) is 70.2 Å². The summed E-state index contributed by atoms with van der Waals surface area (Å²) in [5, 5.41) is 8.79. The van der Waals surface area contributed by atoms with E-state index in [1.165, 1.54) is 0 Å². The molecule has 22 heavy (non-hydrogen) atoms. The van der Waals surface area contributed by atoms with Crippen molar-refractivity contribution < 1.29 is 9.59 Å². The van der Waals surface area contributed by atoms with E-state index in [1.54, 1.807) is 0 Å². The Morgan fingerprint density at radius 2 is 1.95 bits per heavy atom. The predicted octanol–water partition coefficient (Wildman–Crippen LogP) is 2.29. The zero-order valence-corrected chi connectivity index (χ0v) is 13.7. The molecule has 0 heterocycles. The van der Waals surface area contributed by atoms with Gasteiger partial charge in [-0.15, -0.1) is 0 Å². The van der Waals surface area contributed by atoms with Gasteiger partial charge >= 0.3 is 0 Å². The molecule has 0 saturated carbocycles. The zero-order valence-electron chi connectivity index (χ0n) is 13.7. The van der Waals surface area contributed by atoms with E-state index in [4.69, 9.17) is 0 Å². The van der Waals surface area contributed by atoms with Crippen LogP contribution >= 0.6 is 0 Å². The number of anilines is 1. The number of hydrogen-bond donors (Lipinski definition) is 3. The van der Waals surface area contributed by atoms with Crippen LogP contribution in [0.2, 0.25) is 0 Å². The van der Waals surface area contributed by atoms with Crippen LogP contribution < -0.4 is 16.0 Å². The van der Waals surface area contributed by atoms with Gasteiger partial charge in [-0.3, -0.25) is 9.59 Å². The molecule has 5 heteroatoms. The minimum Gasteiger partial charge on any atom is -0.352 e. The summed E-state index contributed by atoms with van der Waals surface area (Å²) in [6.07, 6.45) is 1.85. The van der Waals surface area contributed by atoms with Gasteiger partial charge in [0.25, 0.3) is 0 Å². The third kappa shape index (κ3) is 7.78. The summed E-state index contributed by atoms with van der Waals surface area (Å²) in [6.45, 7) is 5.34. The molecule has 1 rings (SSSR count). The lowest BCUT2D eigenvalue weighted by Crippen LogP contribution is -2.23. The summed E-state index contributed by atoms with van der Waals surface area (Å²) in [4.78, 5) is 23.4. The van der Waals surface area contributed by atoms with Gasteiger partial charge < -0.3 is 16.0 Å². The maximum atomic E-state index is 11.8. The molecule has 122 valence electrons. The number of carbonyl (C=O) groups is 2. The normalized spacial score (nSPS) is 10.5. The van der Waals surface area contributed by atoms with Gasteiger partial charge in [0.15, 0.2) is 0 Å². The molecular weight excluding hydrogens is 278 g/mol. The third-order valence-electron chi connectivity index (χ3n) is 3.12. The minimum absolute atomic E-state index is 0.0169. The molecule has 0 atom stereocenters. The molecule has 0 spiro atoms. The van der Waals surface area contributed by atoms with Crippen molar-refractivity contribution in [1.82, 2.24) is 10.6 Å². The molecule has 5 nitrogen and oxygen atoms in total. The number of rotatable bonds is 9. The standard InChI is InChI=1S/C17H27N3O2/c1-13(2)10-17(22)20-15-7-4-6-14(11-15)12-19-16(21)8-5-9-18-3/h4,6-7,11,13,18H,5,8-10,12H2,1-3H3,(H,19,21)(H,20,22). The first-order valence-corrected chi connectivity index (χ1v) is 7.81. The smallest absolute Gasteiger partial charge is 0.224 e. The fourth-order valence-electron chi connectivity index (χ4n) is 2.06. The Bertz CT molecular complexity index is 487. The highest BCUT2D eigenvalue weighted by Crippen LogP contribution is 2.12. The largest absolute Gasteiger partial charge is 0.352 e. The first-order valence-electron chi connectivity index (χ1n) is 7.81. The predicted molar refractivity (Wildman–Crippen MR) is 89.5 cm³/mol. The van der Waals surface area contributed by atoms with Crippen molar-refractivity contribution in [2.24, 2.45) is 5.92 Å². The third-order valence-corrected chi connectivity index (χ3v) is 3.12. The molecule has 0 aliphatic heterocycles. The maximum absolute atomic E-state index is 11.8. The molecule has 0 fully saturated rings. The summed E-state index contributed by atoms with van der Waals surface area (Å²) in [5.74, 6) is 0.396. The number of hydrogen-bond acceptors (Lipinski definition) is 3. The number of carbonyl (C=O) groups excluding carboxylic acids is 2. The van der Waals surface area contributed by atoms with Crippen molar-refractivity contribution in [3.8, 4) is 0 Å². The second-order valence-electron chi connectivity index (χ2n) is 5.83. The van der Waals surface area contributed by atoms with Crippen LogP contribution in [0.25, 0.3) is 0 Å². The van der Waals surface area contributed by atoms with Crippen molar-refractivity contribution in [2.75, 3.05) is 18.9 Å². The average Bonchev–Trinajstić information content (AvgIpc) is 2.45. The van der Waals surface area contributed by atoms with Crippen LogP contribution in [-0.2, 0) is 16.1 Å². The van der Waals surface area contributed by atoms with E-state index in [-0.39, 0.29) is 11.8 Å². The Morgan fingerprint density at radius 3 is 2.64 bits per heavy atom. The summed E-state index contributed by atoms with van der Waals surface area (Å²) in [5.41, 5.74) is 1.75. The molecule has 0 aromatic heterocycles. The maximum Gasteiger partial charge on any atom is 0.224 e. The molecule has 3 N–H and O–H groups in total. The van der Waals surface area contributed by atoms with Crippen LogP contribution in [0.5, 0.6) is 0 Å². The highest BCUT2D eigenvalue weighted by molar-refractivity contribution is 5.90. The van der Waals surface area contributed by atoms with E-state index >= 15 is 0 Å². The van der Waals surface area contributed by atoms with Gasteiger partial charge in [-0.2, -0.15) is 0 Å². The van der Waals surface area contributed by atoms with Crippen LogP contribution in [-0.4, -0.2) is 25.4 Å². The summed E-state index contributed by atoms with van der Waals surface area (Å²) >= 11 is 0. The summed E-state index contributed by atoms with van der Waals surface area (Å²) < 4.78 is 0. The van der Waals surface area contributed by atoms with Gasteiger partial charge in [0.05, 0.1) is 0 Å². The van der Waals surface area contributed by atoms with Gasteiger partial charge in [-0.25, -0.2) is 0 Å². The van der Waals surface area contributed by atoms with E-state index in [0.717, 1.165) is 24.2 Å². The Kier molecular flexibility index (Phi) is 8.22. The van der Waals surface area contributed by atoms with E-state index in [2.05, 4.69) is 16.0 Å². The molecule has 0 unspecified atom stereocenters. The van der Waals surface area contributed by atoms with Gasteiger partial charge in [-0.1, -0.05) is 26.0 Å². The lowest BCUT2D eigenvalue weighted by Gasteiger charge is -2.10. The highest BCUT2D eigenvalue weighted by atomic mass is 16.2. The highest BCUT2D eigenvalue weighted by Gasteiger charge is 2.06. The first-order chi connectivity index (χ1) is 10.5. The van der Waals surface area contributed by atoms with Crippen LogP contribution in [0.4, 0.5) is 5.69 Å². The molecule has 0 radical (unpaired) electrons. The van der Waals surface area contributed by atoms with Gasteiger partial charge in [0, 0.05) is 25.1 Å². The van der Waals surface area contributed by atoms with E-state index in [9.17, 15) is 9.59 Å². The monoisotopic (exact) mass is 305 g/mol. The minimum atomic E-state index is 0.0169. The Morgan fingerprint density at radius 1 is 1.18 bits per heavy atom. The molecule has 0 aliphatic rings. The van der Waals surface area contributed by atoms with Crippen molar-refractivity contribution in [2.45, 2.75) is 39.7 Å². The van der Waals surface area contributed by atoms with E-state index < -0.39 is 0 Å². The van der Waals surface area contributed by atoms with Gasteiger partial charge in [-0.05, 0) is 43.6 Å². The average molecular weight is 305 g/mol. The molecule has 0 aliphatic carbocycles. The van der Waals surface area contributed by atoms with Gasteiger partial charge in [0.1, 0.15) is 0 Å². The second-order valence-corrected chi connectivity index (χ2v) is 5.83. The molecule has 0 saturated heterocycles. The summed E-state index contributed by atoms with van der Waals surface area (Å²) in [7, 11) is 1.87. The fourth-order valence-corrected chi connectivity index (χ4v) is 2.06. The van der Waals surface area contributed by atoms with Crippen LogP contribution in [0.15, 0.2) is 24.3 Å². The fraction of sp³-hybridized carbons (Fsp3) is 0.529. The van der Waals surface area contributed by atoms with Crippen LogP contribution in [0.1, 0.15) is 38.7 Å². The van der Waals surface area contributed by atoms with Crippen molar-refractivity contribution in [1.29, 1.82) is 0 Å². The van der Waals surface area contributed by atoms with E-state index in [0.29, 0.717) is 25.3 Å². The first kappa shape index (κ1) is 18.2. The molecule has 1 aromatic rings. The Balaban J connectivity index is 2.43. The van der Waals surface area contributed by atoms with Crippen molar-refractivity contribution in [3.05, 3.63) is 29.8 Å². The SMILES string of the molecule is CNCCCC(=O)NCc1cccc(NC(=O)CC(C)C)c1. The van der Waals surface area contributed by atoms with E-state index in [1.807, 2.05) is 45.2 Å². The number of amides is 2. The second kappa shape index (κ2) is 9.95. The zero-order chi connectivity index (χ0) is 16.4. The molecule has 1 aromatic carbocycles. The Labute approximate surface area is 132 Å². The van der Waals surface area contributed by atoms with Crippen LogP contribution in [0.3, 0.4) is 0 Å². The molecule has 0 bridgehead atoms. The van der Waals surface area contributed by atoms with Crippen molar-refractivity contribution in [3.63, 3.8) is 0 Å². The van der Waals surface area contributed by atoms with Crippen LogP contribution in [0, 0.1) is 5.92 Å². The van der Waals surface area contributed by atoms with Gasteiger partial charge in [0.2, 0.25) is 11.8 Å².